The van der Waals surface area contributed by atoms with Gasteiger partial charge in [0.25, 0.3) is 6.33 Å². The Balaban J connectivity index is 0.00000564. The Morgan fingerprint density at radius 3 is 1.78 bits per heavy atom. The second kappa shape index (κ2) is 18.7. The van der Waals surface area contributed by atoms with Gasteiger partial charge in [0.15, 0.2) is 0 Å². The van der Waals surface area contributed by atoms with Crippen LogP contribution >= 0.6 is 0 Å². The van der Waals surface area contributed by atoms with Crippen LogP contribution in [0, 0.1) is 18.5 Å². The molecule has 0 bridgehead atoms. The third-order valence-electron chi connectivity index (χ3n) is 15.6. The van der Waals surface area contributed by atoms with Crippen LogP contribution in [0.1, 0.15) is 26.3 Å². The van der Waals surface area contributed by atoms with Crippen LogP contribution in [0.3, 0.4) is 0 Å². The molecule has 0 aliphatic heterocycles. The molecule has 0 unspecified atom stereocenters. The Morgan fingerprint density at radius 1 is 0.494 bits per heavy atom. The van der Waals surface area contributed by atoms with Gasteiger partial charge in [0.1, 0.15) is 5.82 Å². The molecule has 0 fully saturated rings. The summed E-state index contributed by atoms with van der Waals surface area (Å²) in [6.45, 7) is 6.77. The molecule has 5 aromatic heterocycles. The summed E-state index contributed by atoms with van der Waals surface area (Å²) in [6, 6.07) is 86.8. The van der Waals surface area contributed by atoms with Crippen molar-refractivity contribution < 1.29 is 30.4 Å². The van der Waals surface area contributed by atoms with E-state index in [9.17, 15) is 0 Å². The van der Waals surface area contributed by atoms with Gasteiger partial charge in [-0.1, -0.05) is 184 Å². The molecule has 5 heterocycles. The second-order valence-electron chi connectivity index (χ2n) is 21.2. The van der Waals surface area contributed by atoms with E-state index in [-0.39, 0.29) is 26.5 Å². The van der Waals surface area contributed by atoms with Gasteiger partial charge in [-0.2, -0.15) is 18.2 Å². The number of pyridine rings is 1. The molecule has 0 saturated heterocycles. The van der Waals surface area contributed by atoms with E-state index in [1.54, 1.807) is 0 Å². The number of benzene rings is 10. The zero-order chi connectivity index (χ0) is 52.2. The van der Waals surface area contributed by atoms with Crippen LogP contribution < -0.4 is 9.30 Å². The second-order valence-corrected chi connectivity index (χ2v) is 21.2. The van der Waals surface area contributed by atoms with E-state index in [4.69, 9.17) is 9.72 Å². The number of imidazole rings is 1. The van der Waals surface area contributed by atoms with E-state index in [1.807, 2.05) is 18.3 Å². The number of aryl methyl sites for hydroxylation is 1. The molecule has 0 radical (unpaired) electrons. The first kappa shape index (κ1) is 48.1. The van der Waals surface area contributed by atoms with Crippen LogP contribution in [0.15, 0.2) is 231 Å². The van der Waals surface area contributed by atoms with Crippen molar-refractivity contribution in [3.8, 4) is 56.6 Å². The van der Waals surface area contributed by atoms with E-state index in [0.717, 1.165) is 89.0 Å². The first-order valence-corrected chi connectivity index (χ1v) is 26.5. The van der Waals surface area contributed by atoms with Crippen molar-refractivity contribution in [2.45, 2.75) is 26.2 Å². The maximum absolute atomic E-state index is 6.97. The summed E-state index contributed by atoms with van der Waals surface area (Å²) in [5.41, 5.74) is 16.9. The van der Waals surface area contributed by atoms with Crippen molar-refractivity contribution in [1.29, 1.82) is 0 Å². The molecule has 382 valence electrons. The number of para-hydroxylation sites is 6. The molecular weight excluding hydrogens is 1150 g/mol. The normalized spacial score (nSPS) is 11.9. The molecule has 0 atom stereocenters. The fourth-order valence-electron chi connectivity index (χ4n) is 12.1. The third-order valence-corrected chi connectivity index (χ3v) is 15.6. The van der Waals surface area contributed by atoms with Gasteiger partial charge in [-0.3, -0.25) is 4.57 Å². The van der Waals surface area contributed by atoms with Gasteiger partial charge >= 0.3 is 0 Å². The molecule has 15 rings (SSSR count). The summed E-state index contributed by atoms with van der Waals surface area (Å²) < 4.78 is 18.4. The smallest absolute Gasteiger partial charge is 0.268 e. The van der Waals surface area contributed by atoms with Gasteiger partial charge in [-0.25, -0.2) is 4.98 Å². The number of fused-ring (bicyclic) bond motifs is 13. The summed E-state index contributed by atoms with van der Waals surface area (Å²) in [7, 11) is 2.21. The Hall–Kier alpha value is -9.29. The van der Waals surface area contributed by atoms with Crippen LogP contribution in [0.5, 0.6) is 11.5 Å². The number of ether oxygens (including phenoxy) is 1. The molecule has 15 aromatic rings. The minimum Gasteiger partial charge on any atom is -0.510 e. The SMILES string of the molecule is Cn1c2ccccc2c2c3c4ccc(Oc5[c-]c(-[n+]6[c-]n(-c7c(-c8ccccc8)cccc7-c7ccccc7)c7ccccc76)ccc5)[c-]c4n(-c4cc(C(C)(C)C)ccn4)c3c3c(c4ccccc4n3-c3ccccc3)c21.[Pt]. The minimum atomic E-state index is -0.135. The molecule has 79 heavy (non-hydrogen) atoms. The molecular formula is C71H50N6OPt-2. The van der Waals surface area contributed by atoms with Crippen molar-refractivity contribution in [2.24, 2.45) is 7.05 Å². The standard InChI is InChI=1S/C71H50N6O.Pt/c1-71(2,3)48-40-41-72-63(42-48)77-62-44-52(38-39-57(62)65-64-55-30-14-16-34-58(55)73(4)68(64)66-56-31-15-17-35-59(56)76(70(66)69(65)77)49-26-12-7-13-27-49)78-51-29-20-28-50(43-51)74-45-75(61-37-19-18-36-60(61)74)67-53(46-22-8-5-9-23-46)32-21-33-54(67)47-24-10-6-11-25-47;/h5-42H,1-4H3;/q-2;. The van der Waals surface area contributed by atoms with E-state index in [2.05, 4.69) is 281 Å². The topological polar surface area (TPSA) is 45.7 Å². The van der Waals surface area contributed by atoms with Crippen LogP contribution in [0.25, 0.3) is 122 Å². The predicted octanol–water partition coefficient (Wildman–Crippen LogP) is 17.0. The fourth-order valence-corrected chi connectivity index (χ4v) is 12.1. The van der Waals surface area contributed by atoms with Crippen LogP contribution in [0.4, 0.5) is 0 Å². The van der Waals surface area contributed by atoms with Crippen molar-refractivity contribution >= 4 is 76.5 Å². The van der Waals surface area contributed by atoms with E-state index >= 15 is 0 Å². The Bertz CT molecular complexity index is 4810. The number of hydrogen-bond donors (Lipinski definition) is 0. The summed E-state index contributed by atoms with van der Waals surface area (Å²) in [4.78, 5) is 5.23. The molecule has 0 aliphatic rings. The van der Waals surface area contributed by atoms with E-state index in [1.165, 1.54) is 38.1 Å². The Kier molecular flexibility index (Phi) is 11.4. The van der Waals surface area contributed by atoms with E-state index in [0.29, 0.717) is 11.5 Å². The molecule has 10 aromatic carbocycles. The monoisotopic (exact) mass is 1200 g/mol. The molecule has 0 aliphatic carbocycles. The van der Waals surface area contributed by atoms with Crippen molar-refractivity contribution in [3.05, 3.63) is 255 Å². The predicted molar refractivity (Wildman–Crippen MR) is 318 cm³/mol. The van der Waals surface area contributed by atoms with E-state index < -0.39 is 0 Å². The van der Waals surface area contributed by atoms with Gasteiger partial charge in [-0.15, -0.1) is 29.7 Å². The van der Waals surface area contributed by atoms with Gasteiger partial charge in [0.2, 0.25) is 0 Å². The minimum absolute atomic E-state index is 0. The quantitative estimate of drug-likeness (QED) is 0.112. The number of hydrogen-bond acceptors (Lipinski definition) is 2. The molecule has 0 saturated carbocycles. The molecule has 0 spiro atoms. The van der Waals surface area contributed by atoms with Gasteiger partial charge in [0, 0.05) is 78.6 Å². The molecule has 7 nitrogen and oxygen atoms in total. The van der Waals surface area contributed by atoms with Gasteiger partial charge < -0.3 is 23.0 Å². The zero-order valence-corrected chi connectivity index (χ0v) is 46.1. The Morgan fingerprint density at radius 2 is 1.08 bits per heavy atom. The van der Waals surface area contributed by atoms with Crippen molar-refractivity contribution in [3.63, 3.8) is 0 Å². The average Bonchev–Trinajstić information content (AvgIpc) is 2.34. The largest absolute Gasteiger partial charge is 0.510 e. The summed E-state index contributed by atoms with van der Waals surface area (Å²) in [5.74, 6) is 1.92. The first-order chi connectivity index (χ1) is 38.3. The van der Waals surface area contributed by atoms with Crippen molar-refractivity contribution in [2.75, 3.05) is 0 Å². The molecule has 0 N–H and O–H groups in total. The zero-order valence-electron chi connectivity index (χ0n) is 43.8. The van der Waals surface area contributed by atoms with Crippen LogP contribution in [-0.2, 0) is 33.5 Å². The Labute approximate surface area is 471 Å². The van der Waals surface area contributed by atoms with Crippen LogP contribution in [-0.4, -0.2) is 23.3 Å². The number of nitrogens with zero attached hydrogens (tertiary/aromatic N) is 6. The summed E-state index contributed by atoms with van der Waals surface area (Å²) >= 11 is 0. The first-order valence-electron chi connectivity index (χ1n) is 26.5. The summed E-state index contributed by atoms with van der Waals surface area (Å²) in [5, 5.41) is 6.94. The van der Waals surface area contributed by atoms with Gasteiger partial charge in [-0.05, 0) is 80.7 Å². The van der Waals surface area contributed by atoms with Gasteiger partial charge in [0.05, 0.1) is 38.8 Å². The third kappa shape index (κ3) is 7.59. The maximum Gasteiger partial charge on any atom is 0.268 e. The number of rotatable bonds is 8. The number of aromatic nitrogens is 6. The molecule has 0 amide bonds. The van der Waals surface area contributed by atoms with Crippen LogP contribution in [0.2, 0.25) is 0 Å². The van der Waals surface area contributed by atoms with Crippen molar-refractivity contribution in [1.82, 2.24) is 23.3 Å². The summed E-state index contributed by atoms with van der Waals surface area (Å²) in [6.07, 6.45) is 5.76. The maximum atomic E-state index is 6.97. The fraction of sp³-hybridized carbons (Fsp3) is 0.0704. The average molecular weight is 1200 g/mol. The molecule has 8 heteroatoms.